The minimum Gasteiger partial charge on any atom is -0.481 e. The number of aliphatic carboxylic acids is 1. The molecule has 0 saturated carbocycles. The molecule has 6 nitrogen and oxygen atoms in total. The molecule has 0 radical (unpaired) electrons. The number of carbonyl (C=O) groups is 2. The van der Waals surface area contributed by atoms with Crippen LogP contribution in [0.1, 0.15) is 23.4 Å². The second-order valence-corrected chi connectivity index (χ2v) is 6.11. The van der Waals surface area contributed by atoms with Crippen molar-refractivity contribution in [2.75, 3.05) is 19.8 Å². The van der Waals surface area contributed by atoms with E-state index < -0.39 is 17.3 Å². The Morgan fingerprint density at radius 2 is 2.00 bits per heavy atom. The van der Waals surface area contributed by atoms with Crippen molar-refractivity contribution in [3.63, 3.8) is 0 Å². The monoisotopic (exact) mass is 337 g/mol. The lowest BCUT2D eigenvalue weighted by Crippen LogP contribution is -2.46. The second-order valence-electron chi connectivity index (χ2n) is 5.67. The maximum Gasteiger partial charge on any atom is 0.311 e. The van der Waals surface area contributed by atoms with Crippen molar-refractivity contribution < 1.29 is 23.8 Å². The molecule has 1 aromatic heterocycles. The van der Waals surface area contributed by atoms with Crippen LogP contribution >= 0.6 is 11.6 Å². The van der Waals surface area contributed by atoms with Crippen LogP contribution in [0.15, 0.2) is 28.7 Å². The lowest BCUT2D eigenvalue weighted by molar-refractivity contribution is -0.154. The predicted molar refractivity (Wildman–Crippen MR) is 83.7 cm³/mol. The predicted octanol–water partition coefficient (Wildman–Crippen LogP) is 2.70. The molecule has 0 atom stereocenters. The summed E-state index contributed by atoms with van der Waals surface area (Å²) in [5.41, 5.74) is -0.429. The average molecular weight is 338 g/mol. The highest BCUT2D eigenvalue weighted by Gasteiger charge is 2.40. The van der Waals surface area contributed by atoms with Crippen LogP contribution in [-0.2, 0) is 9.53 Å². The highest BCUT2D eigenvalue weighted by molar-refractivity contribution is 6.31. The van der Waals surface area contributed by atoms with Crippen LogP contribution in [-0.4, -0.2) is 36.7 Å². The van der Waals surface area contributed by atoms with E-state index in [1.165, 1.54) is 0 Å². The molecule has 3 rings (SSSR count). The molecule has 1 aliphatic heterocycles. The molecule has 1 fully saturated rings. The SMILES string of the molecule is O=C(NCC1(C(=O)O)CCOCC1)c1cc2cc(Cl)ccc2o1. The molecule has 1 aromatic carbocycles. The minimum atomic E-state index is -0.983. The molecule has 1 aliphatic rings. The van der Waals surface area contributed by atoms with Crippen LogP contribution in [0.25, 0.3) is 11.0 Å². The van der Waals surface area contributed by atoms with E-state index in [0.717, 1.165) is 5.39 Å². The quantitative estimate of drug-likeness (QED) is 0.895. The summed E-state index contributed by atoms with van der Waals surface area (Å²) in [6.07, 6.45) is 0.747. The van der Waals surface area contributed by atoms with E-state index in [4.69, 9.17) is 20.8 Å². The standard InChI is InChI=1S/C16H16ClNO5/c17-11-1-2-12-10(7-11)8-13(23-12)14(19)18-9-16(15(20)21)3-5-22-6-4-16/h1-2,7-8H,3-6,9H2,(H,18,19)(H,20,21). The minimum absolute atomic E-state index is 0.0440. The van der Waals surface area contributed by atoms with Gasteiger partial charge in [0.25, 0.3) is 5.91 Å². The van der Waals surface area contributed by atoms with Crippen LogP contribution in [0.2, 0.25) is 5.02 Å². The molecule has 1 saturated heterocycles. The summed E-state index contributed by atoms with van der Waals surface area (Å²) in [6, 6.07) is 6.66. The van der Waals surface area contributed by atoms with Crippen LogP contribution in [0.5, 0.6) is 0 Å². The van der Waals surface area contributed by atoms with Gasteiger partial charge in [-0.05, 0) is 37.1 Å². The van der Waals surface area contributed by atoms with Crippen molar-refractivity contribution in [2.45, 2.75) is 12.8 Å². The van der Waals surface area contributed by atoms with Gasteiger partial charge < -0.3 is 19.6 Å². The maximum absolute atomic E-state index is 12.2. The van der Waals surface area contributed by atoms with Crippen LogP contribution in [0, 0.1) is 5.41 Å². The number of nitrogens with one attached hydrogen (secondary N) is 1. The summed E-state index contributed by atoms with van der Waals surface area (Å²) in [4.78, 5) is 23.8. The molecule has 0 unspecified atom stereocenters. The highest BCUT2D eigenvalue weighted by Crippen LogP contribution is 2.30. The summed E-state index contributed by atoms with van der Waals surface area (Å²) >= 11 is 5.90. The maximum atomic E-state index is 12.2. The van der Waals surface area contributed by atoms with Gasteiger partial charge in [-0.3, -0.25) is 9.59 Å². The van der Waals surface area contributed by atoms with E-state index in [0.29, 0.717) is 36.7 Å². The fourth-order valence-electron chi connectivity index (χ4n) is 2.69. The molecule has 0 spiro atoms. The largest absolute Gasteiger partial charge is 0.481 e. The van der Waals surface area contributed by atoms with Gasteiger partial charge in [0.1, 0.15) is 5.58 Å². The van der Waals surface area contributed by atoms with Crippen LogP contribution in [0.3, 0.4) is 0 Å². The zero-order valence-corrected chi connectivity index (χ0v) is 13.1. The van der Waals surface area contributed by atoms with E-state index in [1.807, 2.05) is 0 Å². The molecule has 2 heterocycles. The number of carboxylic acid groups (broad SMARTS) is 1. The third kappa shape index (κ3) is 3.18. The number of carbonyl (C=O) groups excluding carboxylic acids is 1. The number of ether oxygens (including phenoxy) is 1. The number of fused-ring (bicyclic) bond motifs is 1. The number of hydrogen-bond acceptors (Lipinski definition) is 4. The number of rotatable bonds is 4. The normalized spacial score (nSPS) is 17.1. The second kappa shape index (κ2) is 6.22. The molecule has 2 aromatic rings. The van der Waals surface area contributed by atoms with Crippen molar-refractivity contribution >= 4 is 34.4 Å². The van der Waals surface area contributed by atoms with Gasteiger partial charge in [0.2, 0.25) is 0 Å². The summed E-state index contributed by atoms with van der Waals surface area (Å²) in [5.74, 6) is -1.23. The summed E-state index contributed by atoms with van der Waals surface area (Å²) in [7, 11) is 0. The van der Waals surface area contributed by atoms with Gasteiger partial charge in [0.15, 0.2) is 5.76 Å². The van der Waals surface area contributed by atoms with Crippen molar-refractivity contribution in [3.8, 4) is 0 Å². The first-order valence-electron chi connectivity index (χ1n) is 7.29. The Balaban J connectivity index is 1.73. The third-order valence-corrected chi connectivity index (χ3v) is 4.43. The van der Waals surface area contributed by atoms with Gasteiger partial charge in [0, 0.05) is 30.2 Å². The molecule has 23 heavy (non-hydrogen) atoms. The fourth-order valence-corrected chi connectivity index (χ4v) is 2.87. The molecule has 122 valence electrons. The Morgan fingerprint density at radius 3 is 2.70 bits per heavy atom. The Labute approximate surface area is 137 Å². The van der Waals surface area contributed by atoms with Crippen molar-refractivity contribution in [1.82, 2.24) is 5.32 Å². The van der Waals surface area contributed by atoms with Crippen molar-refractivity contribution in [2.24, 2.45) is 5.41 Å². The lowest BCUT2D eigenvalue weighted by atomic mass is 9.80. The van der Waals surface area contributed by atoms with Gasteiger partial charge >= 0.3 is 5.97 Å². The zero-order chi connectivity index (χ0) is 16.4. The number of carboxylic acids is 1. The van der Waals surface area contributed by atoms with Gasteiger partial charge in [0.05, 0.1) is 5.41 Å². The van der Waals surface area contributed by atoms with Crippen LogP contribution in [0.4, 0.5) is 0 Å². The molecule has 0 bridgehead atoms. The van der Waals surface area contributed by atoms with E-state index in [-0.39, 0.29) is 12.3 Å². The lowest BCUT2D eigenvalue weighted by Gasteiger charge is -2.32. The van der Waals surface area contributed by atoms with Gasteiger partial charge in [-0.15, -0.1) is 0 Å². The molecule has 1 amide bonds. The number of furan rings is 1. The summed E-state index contributed by atoms with van der Waals surface area (Å²) < 4.78 is 10.7. The fraction of sp³-hybridized carbons (Fsp3) is 0.375. The van der Waals surface area contributed by atoms with E-state index >= 15 is 0 Å². The summed E-state index contributed by atoms with van der Waals surface area (Å²) in [5, 5.41) is 13.4. The highest BCUT2D eigenvalue weighted by atomic mass is 35.5. The van der Waals surface area contributed by atoms with Gasteiger partial charge in [-0.1, -0.05) is 11.6 Å². The molecular weight excluding hydrogens is 322 g/mol. The topological polar surface area (TPSA) is 88.8 Å². The number of benzene rings is 1. The average Bonchev–Trinajstić information content (AvgIpc) is 2.96. The Hall–Kier alpha value is -2.05. The first-order chi connectivity index (χ1) is 11.0. The first-order valence-corrected chi connectivity index (χ1v) is 7.66. The van der Waals surface area contributed by atoms with E-state index in [2.05, 4.69) is 5.32 Å². The molecule has 7 heteroatoms. The number of halogens is 1. The Morgan fingerprint density at radius 1 is 1.26 bits per heavy atom. The van der Waals surface area contributed by atoms with Gasteiger partial charge in [-0.2, -0.15) is 0 Å². The van der Waals surface area contributed by atoms with Gasteiger partial charge in [-0.25, -0.2) is 0 Å². The first kappa shape index (κ1) is 15.8. The zero-order valence-electron chi connectivity index (χ0n) is 12.3. The van der Waals surface area contributed by atoms with Crippen molar-refractivity contribution in [3.05, 3.63) is 35.0 Å². The molecule has 2 N–H and O–H groups in total. The Bertz CT molecular complexity index is 748. The van der Waals surface area contributed by atoms with Crippen LogP contribution < -0.4 is 5.32 Å². The number of amides is 1. The summed E-state index contributed by atoms with van der Waals surface area (Å²) in [6.45, 7) is 0.805. The smallest absolute Gasteiger partial charge is 0.311 e. The van der Waals surface area contributed by atoms with E-state index in [1.54, 1.807) is 24.3 Å². The number of hydrogen-bond donors (Lipinski definition) is 2. The van der Waals surface area contributed by atoms with E-state index in [9.17, 15) is 14.7 Å². The Kier molecular flexibility index (Phi) is 4.28. The third-order valence-electron chi connectivity index (χ3n) is 4.19. The molecule has 0 aliphatic carbocycles. The molecular formula is C16H16ClNO5. The van der Waals surface area contributed by atoms with Crippen molar-refractivity contribution in [1.29, 1.82) is 0 Å².